The largest absolute Gasteiger partial charge is 0.339 e. The molecular weight excluding hydrogens is 296 g/mol. The quantitative estimate of drug-likeness (QED) is 0.789. The number of benzene rings is 2. The van der Waals surface area contributed by atoms with Crippen molar-refractivity contribution in [2.75, 3.05) is 24.5 Å². The minimum Gasteiger partial charge on any atom is -0.339 e. The molecule has 2 atom stereocenters. The molecule has 0 bridgehead atoms. The average molecular weight is 316 g/mol. The van der Waals surface area contributed by atoms with Crippen molar-refractivity contribution in [1.82, 2.24) is 15.3 Å². The zero-order valence-electron chi connectivity index (χ0n) is 13.5. The molecule has 5 rings (SSSR count). The standard InChI is InChI=1S/C20H20N4/c1-2-4-15-11-16(6-5-14(15)3-1)18-8-10-22-20(23-18)24-12-17-7-9-21-19(17)13-24/h1-6,8,10-11,17,19,21H,7,9,12-13H2. The lowest BCUT2D eigenvalue weighted by Gasteiger charge is -2.17. The number of hydrogen-bond acceptors (Lipinski definition) is 4. The van der Waals surface area contributed by atoms with Crippen molar-refractivity contribution in [1.29, 1.82) is 0 Å². The van der Waals surface area contributed by atoms with Gasteiger partial charge in [-0.2, -0.15) is 0 Å². The Kier molecular flexibility index (Phi) is 3.23. The normalized spacial score (nSPS) is 22.9. The number of nitrogens with one attached hydrogen (secondary N) is 1. The maximum absolute atomic E-state index is 4.85. The Labute approximate surface area is 141 Å². The summed E-state index contributed by atoms with van der Waals surface area (Å²) in [6, 6.07) is 17.6. The van der Waals surface area contributed by atoms with Crippen molar-refractivity contribution in [2.24, 2.45) is 5.92 Å². The molecule has 1 N–H and O–H groups in total. The fourth-order valence-corrected chi connectivity index (χ4v) is 4.02. The lowest BCUT2D eigenvalue weighted by Crippen LogP contribution is -2.30. The highest BCUT2D eigenvalue weighted by Crippen LogP contribution is 2.29. The molecule has 2 fully saturated rings. The molecule has 0 aliphatic carbocycles. The van der Waals surface area contributed by atoms with E-state index in [-0.39, 0.29) is 0 Å². The summed E-state index contributed by atoms with van der Waals surface area (Å²) >= 11 is 0. The molecule has 4 nitrogen and oxygen atoms in total. The van der Waals surface area contributed by atoms with E-state index in [1.165, 1.54) is 17.2 Å². The fraction of sp³-hybridized carbons (Fsp3) is 0.300. The maximum atomic E-state index is 4.85. The first-order valence-electron chi connectivity index (χ1n) is 8.67. The highest BCUT2D eigenvalue weighted by molar-refractivity contribution is 5.86. The van der Waals surface area contributed by atoms with Gasteiger partial charge in [-0.1, -0.05) is 36.4 Å². The van der Waals surface area contributed by atoms with Crippen LogP contribution >= 0.6 is 0 Å². The van der Waals surface area contributed by atoms with E-state index in [9.17, 15) is 0 Å². The molecule has 2 unspecified atom stereocenters. The minimum atomic E-state index is 0.609. The van der Waals surface area contributed by atoms with Crippen LogP contribution in [0.1, 0.15) is 6.42 Å². The summed E-state index contributed by atoms with van der Waals surface area (Å²) in [6.45, 7) is 3.24. The van der Waals surface area contributed by atoms with E-state index in [4.69, 9.17) is 4.98 Å². The van der Waals surface area contributed by atoms with Gasteiger partial charge in [0.25, 0.3) is 0 Å². The van der Waals surface area contributed by atoms with Crippen molar-refractivity contribution < 1.29 is 0 Å². The molecule has 2 aliphatic heterocycles. The van der Waals surface area contributed by atoms with Gasteiger partial charge in [0, 0.05) is 30.9 Å². The summed E-state index contributed by atoms with van der Waals surface area (Å²) in [5.41, 5.74) is 2.14. The smallest absolute Gasteiger partial charge is 0.225 e. The third-order valence-corrected chi connectivity index (χ3v) is 5.33. The van der Waals surface area contributed by atoms with E-state index in [0.717, 1.165) is 42.8 Å². The molecule has 2 aromatic carbocycles. The van der Waals surface area contributed by atoms with Crippen molar-refractivity contribution >= 4 is 16.7 Å². The van der Waals surface area contributed by atoms with Crippen LogP contribution in [0.2, 0.25) is 0 Å². The van der Waals surface area contributed by atoms with E-state index in [2.05, 4.69) is 57.7 Å². The zero-order valence-corrected chi connectivity index (χ0v) is 13.5. The summed E-state index contributed by atoms with van der Waals surface area (Å²) in [5, 5.41) is 6.09. The third kappa shape index (κ3) is 2.34. The van der Waals surface area contributed by atoms with Crippen molar-refractivity contribution in [3.05, 3.63) is 54.7 Å². The molecule has 4 heteroatoms. The number of anilines is 1. The van der Waals surface area contributed by atoms with Gasteiger partial charge in [-0.15, -0.1) is 0 Å². The number of rotatable bonds is 2. The van der Waals surface area contributed by atoms with Crippen LogP contribution in [0.4, 0.5) is 5.95 Å². The fourth-order valence-electron chi connectivity index (χ4n) is 4.02. The van der Waals surface area contributed by atoms with E-state index < -0.39 is 0 Å². The number of aromatic nitrogens is 2. The van der Waals surface area contributed by atoms with E-state index in [1.54, 1.807) is 0 Å². The van der Waals surface area contributed by atoms with Crippen LogP contribution in [0.15, 0.2) is 54.7 Å². The van der Waals surface area contributed by atoms with Crippen molar-refractivity contribution in [3.63, 3.8) is 0 Å². The van der Waals surface area contributed by atoms with Crippen LogP contribution in [-0.4, -0.2) is 35.6 Å². The molecule has 0 spiro atoms. The second-order valence-electron chi connectivity index (χ2n) is 6.82. The van der Waals surface area contributed by atoms with Gasteiger partial charge in [0.2, 0.25) is 5.95 Å². The average Bonchev–Trinajstić information content (AvgIpc) is 3.23. The van der Waals surface area contributed by atoms with Gasteiger partial charge >= 0.3 is 0 Å². The van der Waals surface area contributed by atoms with Gasteiger partial charge in [0.05, 0.1) is 5.69 Å². The lowest BCUT2D eigenvalue weighted by molar-refractivity contribution is 0.556. The zero-order chi connectivity index (χ0) is 15.9. The van der Waals surface area contributed by atoms with Crippen LogP contribution in [0.5, 0.6) is 0 Å². The summed E-state index contributed by atoms with van der Waals surface area (Å²) in [5.74, 6) is 1.61. The van der Waals surface area contributed by atoms with E-state index in [1.807, 2.05) is 12.3 Å². The predicted octanol–water partition coefficient (Wildman–Crippen LogP) is 3.09. The molecule has 2 saturated heterocycles. The molecule has 0 saturated carbocycles. The molecular formula is C20H20N4. The van der Waals surface area contributed by atoms with Gasteiger partial charge in [-0.25, -0.2) is 9.97 Å². The minimum absolute atomic E-state index is 0.609. The van der Waals surface area contributed by atoms with Gasteiger partial charge in [0.1, 0.15) is 0 Å². The van der Waals surface area contributed by atoms with Crippen LogP contribution in [-0.2, 0) is 0 Å². The first-order valence-corrected chi connectivity index (χ1v) is 8.67. The van der Waals surface area contributed by atoms with Gasteiger partial charge in [0.15, 0.2) is 0 Å². The number of fused-ring (bicyclic) bond motifs is 2. The van der Waals surface area contributed by atoms with Gasteiger partial charge in [-0.05, 0) is 41.8 Å². The molecule has 120 valence electrons. The second kappa shape index (κ2) is 5.56. The molecule has 3 heterocycles. The number of nitrogens with zero attached hydrogens (tertiary/aromatic N) is 3. The Balaban J connectivity index is 1.48. The van der Waals surface area contributed by atoms with Crippen molar-refractivity contribution in [2.45, 2.75) is 12.5 Å². The highest BCUT2D eigenvalue weighted by Gasteiger charge is 2.36. The van der Waals surface area contributed by atoms with Crippen LogP contribution in [0, 0.1) is 5.92 Å². The predicted molar refractivity (Wildman–Crippen MR) is 97.1 cm³/mol. The Hall–Kier alpha value is -2.46. The third-order valence-electron chi connectivity index (χ3n) is 5.33. The van der Waals surface area contributed by atoms with Crippen LogP contribution in [0.25, 0.3) is 22.0 Å². The summed E-state index contributed by atoms with van der Waals surface area (Å²) < 4.78 is 0. The van der Waals surface area contributed by atoms with E-state index >= 15 is 0 Å². The summed E-state index contributed by atoms with van der Waals surface area (Å²) in [4.78, 5) is 11.7. The second-order valence-corrected chi connectivity index (χ2v) is 6.82. The Bertz CT molecular complexity index is 879. The maximum Gasteiger partial charge on any atom is 0.225 e. The SMILES string of the molecule is c1ccc2cc(-c3ccnc(N4CC5CCNC5C4)n3)ccc2c1. The summed E-state index contributed by atoms with van der Waals surface area (Å²) in [7, 11) is 0. The molecule has 0 radical (unpaired) electrons. The Morgan fingerprint density at radius 3 is 2.83 bits per heavy atom. The lowest BCUT2D eigenvalue weighted by atomic mass is 10.1. The molecule has 0 amide bonds. The highest BCUT2D eigenvalue weighted by atomic mass is 15.3. The first-order chi connectivity index (χ1) is 11.9. The van der Waals surface area contributed by atoms with Gasteiger partial charge in [-0.3, -0.25) is 0 Å². The monoisotopic (exact) mass is 316 g/mol. The molecule has 3 aromatic rings. The van der Waals surface area contributed by atoms with Crippen LogP contribution in [0.3, 0.4) is 0 Å². The molecule has 24 heavy (non-hydrogen) atoms. The van der Waals surface area contributed by atoms with Gasteiger partial charge < -0.3 is 10.2 Å². The topological polar surface area (TPSA) is 41.1 Å². The Morgan fingerprint density at radius 2 is 1.92 bits per heavy atom. The number of hydrogen-bond donors (Lipinski definition) is 1. The summed E-state index contributed by atoms with van der Waals surface area (Å²) in [6.07, 6.45) is 3.15. The van der Waals surface area contributed by atoms with Crippen LogP contribution < -0.4 is 10.2 Å². The first kappa shape index (κ1) is 13.9. The molecule has 1 aromatic heterocycles. The van der Waals surface area contributed by atoms with Crippen molar-refractivity contribution in [3.8, 4) is 11.3 Å². The Morgan fingerprint density at radius 1 is 1.00 bits per heavy atom. The van der Waals surface area contributed by atoms with E-state index in [0.29, 0.717) is 6.04 Å². The molecule has 2 aliphatic rings.